The molecule has 1 aromatic carbocycles. The number of halogens is 3. The Balaban J connectivity index is 1.62. The highest BCUT2D eigenvalue weighted by Gasteiger charge is 2.38. The zero-order chi connectivity index (χ0) is 17.3. The second kappa shape index (κ2) is 5.99. The number of aromatic amines is 1. The number of H-pyrrole nitrogens is 1. The van der Waals surface area contributed by atoms with Gasteiger partial charge in [-0.1, -0.05) is 17.3 Å². The Morgan fingerprint density at radius 3 is 2.88 bits per heavy atom. The first kappa shape index (κ1) is 16.0. The Labute approximate surface area is 134 Å². The largest absolute Gasteiger partial charge is 0.471 e. The molecule has 2 aromatic heterocycles. The van der Waals surface area contributed by atoms with Gasteiger partial charge in [0.25, 0.3) is 0 Å². The molecule has 3 aromatic rings. The summed E-state index contributed by atoms with van der Waals surface area (Å²) in [5, 5.41) is 6.58. The quantitative estimate of drug-likeness (QED) is 0.766. The molecule has 0 unspecified atom stereocenters. The van der Waals surface area contributed by atoms with Crippen molar-refractivity contribution < 1.29 is 22.5 Å². The van der Waals surface area contributed by atoms with E-state index in [4.69, 9.17) is 0 Å². The molecule has 0 aliphatic carbocycles. The van der Waals surface area contributed by atoms with E-state index in [0.717, 1.165) is 22.0 Å². The summed E-state index contributed by atoms with van der Waals surface area (Å²) in [5.41, 5.74) is 2.82. The number of carbonyl (C=O) groups is 1. The van der Waals surface area contributed by atoms with Crippen molar-refractivity contribution in [1.82, 2.24) is 20.4 Å². The minimum Gasteiger partial charge on any atom is -0.361 e. The molecule has 0 saturated heterocycles. The number of alkyl halides is 3. The predicted molar refractivity (Wildman–Crippen MR) is 77.9 cm³/mol. The van der Waals surface area contributed by atoms with Gasteiger partial charge in [-0.05, 0) is 24.1 Å². The number of amides is 1. The normalized spacial score (nSPS) is 11.8. The zero-order valence-corrected chi connectivity index (χ0v) is 12.6. The molecule has 2 N–H and O–H groups in total. The van der Waals surface area contributed by atoms with E-state index < -0.39 is 12.1 Å². The summed E-state index contributed by atoms with van der Waals surface area (Å²) in [6.45, 7) is 1.73. The molecule has 6 nitrogen and oxygen atoms in total. The standard InChI is InChI=1S/C15H13F3N4O2/c1-8-2-3-10-9(6-19-11(10)4-8)5-13(23)20-7-12-21-14(24-22-12)15(16,17)18/h2-4,6,19H,5,7H2,1H3,(H,20,23). The van der Waals surface area contributed by atoms with Gasteiger partial charge in [0.2, 0.25) is 5.91 Å². The van der Waals surface area contributed by atoms with Crippen molar-refractivity contribution in [3.63, 3.8) is 0 Å². The number of aryl methyl sites for hydroxylation is 1. The summed E-state index contributed by atoms with van der Waals surface area (Å²) in [6.07, 6.45) is -2.87. The molecule has 0 atom stereocenters. The molecule has 2 heterocycles. The minimum atomic E-state index is -4.70. The van der Waals surface area contributed by atoms with E-state index in [9.17, 15) is 18.0 Å². The molecule has 24 heavy (non-hydrogen) atoms. The first-order valence-corrected chi connectivity index (χ1v) is 7.06. The summed E-state index contributed by atoms with van der Waals surface area (Å²) in [5.74, 6) is -2.01. The monoisotopic (exact) mass is 338 g/mol. The second-order valence-corrected chi connectivity index (χ2v) is 5.33. The van der Waals surface area contributed by atoms with Gasteiger partial charge in [-0.2, -0.15) is 18.2 Å². The maximum Gasteiger partial charge on any atom is 0.471 e. The van der Waals surface area contributed by atoms with Crippen LogP contribution in [0.1, 0.15) is 22.8 Å². The maximum absolute atomic E-state index is 12.3. The van der Waals surface area contributed by atoms with Crippen LogP contribution in [-0.4, -0.2) is 21.0 Å². The molecule has 126 valence electrons. The number of hydrogen-bond acceptors (Lipinski definition) is 4. The summed E-state index contributed by atoms with van der Waals surface area (Å²) < 4.78 is 41.1. The third kappa shape index (κ3) is 3.39. The van der Waals surface area contributed by atoms with Gasteiger partial charge in [0.05, 0.1) is 13.0 Å². The molecular formula is C15H13F3N4O2. The van der Waals surface area contributed by atoms with Crippen LogP contribution in [0.15, 0.2) is 28.9 Å². The van der Waals surface area contributed by atoms with Crippen molar-refractivity contribution >= 4 is 16.8 Å². The van der Waals surface area contributed by atoms with Gasteiger partial charge in [-0.25, -0.2) is 0 Å². The highest BCUT2D eigenvalue weighted by Crippen LogP contribution is 2.27. The first-order valence-electron chi connectivity index (χ1n) is 7.06. The molecule has 1 amide bonds. The zero-order valence-electron chi connectivity index (χ0n) is 12.6. The fourth-order valence-electron chi connectivity index (χ4n) is 2.30. The van der Waals surface area contributed by atoms with Crippen LogP contribution in [0.3, 0.4) is 0 Å². The van der Waals surface area contributed by atoms with Crippen molar-refractivity contribution in [2.45, 2.75) is 26.1 Å². The van der Waals surface area contributed by atoms with Gasteiger partial charge in [0, 0.05) is 17.1 Å². The van der Waals surface area contributed by atoms with Crippen LogP contribution in [0.2, 0.25) is 0 Å². The Kier molecular flexibility index (Phi) is 4.00. The molecular weight excluding hydrogens is 325 g/mol. The summed E-state index contributed by atoms with van der Waals surface area (Å²) >= 11 is 0. The lowest BCUT2D eigenvalue weighted by Crippen LogP contribution is -2.25. The summed E-state index contributed by atoms with van der Waals surface area (Å²) in [4.78, 5) is 18.2. The smallest absolute Gasteiger partial charge is 0.361 e. The number of fused-ring (bicyclic) bond motifs is 1. The lowest BCUT2D eigenvalue weighted by atomic mass is 10.1. The van der Waals surface area contributed by atoms with Crippen molar-refractivity contribution in [2.75, 3.05) is 0 Å². The van der Waals surface area contributed by atoms with Crippen molar-refractivity contribution in [2.24, 2.45) is 0 Å². The van der Waals surface area contributed by atoms with Gasteiger partial charge in [0.15, 0.2) is 5.82 Å². The van der Waals surface area contributed by atoms with E-state index in [1.165, 1.54) is 0 Å². The van der Waals surface area contributed by atoms with Crippen molar-refractivity contribution in [3.8, 4) is 0 Å². The van der Waals surface area contributed by atoms with Gasteiger partial charge < -0.3 is 14.8 Å². The van der Waals surface area contributed by atoms with Gasteiger partial charge in [0.1, 0.15) is 0 Å². The number of nitrogens with zero attached hydrogens (tertiary/aromatic N) is 2. The average Bonchev–Trinajstić information content (AvgIpc) is 3.12. The fraction of sp³-hybridized carbons (Fsp3) is 0.267. The Bertz CT molecular complexity index is 882. The Morgan fingerprint density at radius 2 is 2.17 bits per heavy atom. The van der Waals surface area contributed by atoms with Crippen LogP contribution in [0.25, 0.3) is 10.9 Å². The highest BCUT2D eigenvalue weighted by atomic mass is 19.4. The van der Waals surface area contributed by atoms with E-state index in [-0.39, 0.29) is 24.7 Å². The van der Waals surface area contributed by atoms with Crippen molar-refractivity contribution in [3.05, 3.63) is 47.2 Å². The molecule has 9 heteroatoms. The molecule has 0 bridgehead atoms. The lowest BCUT2D eigenvalue weighted by molar-refractivity contribution is -0.159. The molecule has 0 spiro atoms. The predicted octanol–water partition coefficient (Wildman–Crippen LogP) is 2.74. The molecule has 0 fully saturated rings. The molecule has 0 aliphatic heterocycles. The molecule has 0 saturated carbocycles. The fourth-order valence-corrected chi connectivity index (χ4v) is 2.30. The van der Waals surface area contributed by atoms with E-state index in [0.29, 0.717) is 0 Å². The van der Waals surface area contributed by atoms with Crippen LogP contribution >= 0.6 is 0 Å². The lowest BCUT2D eigenvalue weighted by Gasteiger charge is -2.02. The molecule has 0 radical (unpaired) electrons. The third-order valence-electron chi connectivity index (χ3n) is 3.43. The van der Waals surface area contributed by atoms with E-state index in [1.807, 2.05) is 25.1 Å². The number of rotatable bonds is 4. The van der Waals surface area contributed by atoms with Gasteiger partial charge in [-0.15, -0.1) is 0 Å². The number of nitrogens with one attached hydrogen (secondary N) is 2. The number of benzene rings is 1. The van der Waals surface area contributed by atoms with Gasteiger partial charge in [-0.3, -0.25) is 4.79 Å². The number of hydrogen-bond donors (Lipinski definition) is 2. The van der Waals surface area contributed by atoms with Crippen LogP contribution in [-0.2, 0) is 23.9 Å². The number of carbonyl (C=O) groups excluding carboxylic acids is 1. The van der Waals surface area contributed by atoms with Crippen molar-refractivity contribution in [1.29, 1.82) is 0 Å². The highest BCUT2D eigenvalue weighted by molar-refractivity contribution is 5.89. The minimum absolute atomic E-state index is 0.0903. The van der Waals surface area contributed by atoms with E-state index >= 15 is 0 Å². The molecule has 0 aliphatic rings. The van der Waals surface area contributed by atoms with Crippen LogP contribution in [0, 0.1) is 6.92 Å². The van der Waals surface area contributed by atoms with Crippen LogP contribution in [0.5, 0.6) is 0 Å². The maximum atomic E-state index is 12.3. The Morgan fingerprint density at radius 1 is 1.38 bits per heavy atom. The van der Waals surface area contributed by atoms with Crippen LogP contribution in [0.4, 0.5) is 13.2 Å². The molecule has 3 rings (SSSR count). The second-order valence-electron chi connectivity index (χ2n) is 5.33. The van der Waals surface area contributed by atoms with E-state index in [2.05, 4.69) is 25.0 Å². The summed E-state index contributed by atoms with van der Waals surface area (Å²) in [7, 11) is 0. The SMILES string of the molecule is Cc1ccc2c(CC(=O)NCc3noc(C(F)(F)F)n3)c[nH]c2c1. The van der Waals surface area contributed by atoms with E-state index in [1.54, 1.807) is 6.20 Å². The Hall–Kier alpha value is -2.84. The first-order chi connectivity index (χ1) is 11.3. The summed E-state index contributed by atoms with van der Waals surface area (Å²) in [6, 6.07) is 5.82. The van der Waals surface area contributed by atoms with Gasteiger partial charge >= 0.3 is 12.1 Å². The van der Waals surface area contributed by atoms with Crippen LogP contribution < -0.4 is 5.32 Å². The average molecular weight is 338 g/mol. The number of aromatic nitrogens is 3. The third-order valence-corrected chi connectivity index (χ3v) is 3.43. The topological polar surface area (TPSA) is 83.8 Å².